The third-order valence-electron chi connectivity index (χ3n) is 4.57. The van der Waals surface area contributed by atoms with Crippen LogP contribution in [0.1, 0.15) is 38.2 Å². The van der Waals surface area contributed by atoms with Crippen molar-refractivity contribution in [1.29, 1.82) is 0 Å². The molecule has 162 valence electrons. The molecule has 10 heteroatoms. The molecule has 0 aliphatic heterocycles. The molecule has 1 N–H and O–H groups in total. The summed E-state index contributed by atoms with van der Waals surface area (Å²) >= 11 is 0.881. The highest BCUT2D eigenvalue weighted by Crippen LogP contribution is 2.25. The molecule has 1 aliphatic carbocycles. The fourth-order valence-electron chi connectivity index (χ4n) is 2.76. The maximum Gasteiger partial charge on any atom is 0.311 e. The topological polar surface area (TPSA) is 105 Å². The lowest BCUT2D eigenvalue weighted by atomic mass is 9.88. The number of carbonyl (C=O) groups is 2. The predicted molar refractivity (Wildman–Crippen MR) is 114 cm³/mol. The molecule has 0 saturated heterocycles. The average Bonchev–Trinajstić information content (AvgIpc) is 2.70. The van der Waals surface area contributed by atoms with Gasteiger partial charge in [0.25, 0.3) is 0 Å². The number of carbonyl (C=O) groups excluding carboxylic acids is 2. The Kier molecular flexibility index (Phi) is 11.6. The number of nitrogens with zero attached hydrogens (tertiary/aromatic N) is 2. The fourth-order valence-corrected chi connectivity index (χ4v) is 3.63. The lowest BCUT2D eigenvalue weighted by Gasteiger charge is -2.21. The molecule has 29 heavy (non-hydrogen) atoms. The number of benzene rings is 1. The summed E-state index contributed by atoms with van der Waals surface area (Å²) < 4.78 is 31.6. The Morgan fingerprint density at radius 1 is 1.21 bits per heavy atom. The lowest BCUT2D eigenvalue weighted by molar-refractivity contribution is -0.126. The van der Waals surface area contributed by atoms with Gasteiger partial charge in [-0.3, -0.25) is 19.2 Å². The average molecular weight is 444 g/mol. The molecule has 8 nitrogen and oxygen atoms in total. The van der Waals surface area contributed by atoms with Gasteiger partial charge in [0, 0.05) is 19.0 Å². The normalized spacial score (nSPS) is 18.1. The van der Waals surface area contributed by atoms with E-state index in [1.54, 1.807) is 38.4 Å². The molecule has 0 radical (unpaired) electrons. The molecule has 1 aromatic rings. The summed E-state index contributed by atoms with van der Waals surface area (Å²) in [6, 6.07) is 7.25. The van der Waals surface area contributed by atoms with Crippen LogP contribution in [0.2, 0.25) is 0 Å². The van der Waals surface area contributed by atoms with E-state index in [1.807, 2.05) is 0 Å². The van der Waals surface area contributed by atoms with E-state index in [2.05, 4.69) is 16.0 Å². The summed E-state index contributed by atoms with van der Waals surface area (Å²) in [5, 5.41) is -0.323. The van der Waals surface area contributed by atoms with Gasteiger partial charge >= 0.3 is 15.7 Å². The fraction of sp³-hybridized carbons (Fsp3) is 0.579. The summed E-state index contributed by atoms with van der Waals surface area (Å²) in [7, 11) is 2.49. The maximum absolute atomic E-state index is 11.8. The number of likely N-dealkylation sites (N-methyl/N-ethyl adjacent to an activating group) is 1. The van der Waals surface area contributed by atoms with Crippen LogP contribution in [0.5, 0.6) is 5.75 Å². The molecule has 1 aliphatic rings. The van der Waals surface area contributed by atoms with E-state index in [1.165, 1.54) is 7.05 Å². The number of amides is 2. The van der Waals surface area contributed by atoms with Crippen molar-refractivity contribution in [3.05, 3.63) is 29.8 Å². The van der Waals surface area contributed by atoms with E-state index in [0.717, 1.165) is 59.8 Å². The third kappa shape index (κ3) is 9.91. The van der Waals surface area contributed by atoms with Gasteiger partial charge in [0.15, 0.2) is 0 Å². The molecule has 1 aromatic carbocycles. The van der Waals surface area contributed by atoms with E-state index >= 15 is 0 Å². The van der Waals surface area contributed by atoms with Gasteiger partial charge in [-0.25, -0.2) is 0 Å². The Balaban J connectivity index is 0.000000326. The quantitative estimate of drug-likeness (QED) is 0.696. The molecule has 1 fully saturated rings. The second-order valence-corrected chi connectivity index (χ2v) is 8.39. The molecule has 1 saturated carbocycles. The zero-order chi connectivity index (χ0) is 21.8. The van der Waals surface area contributed by atoms with Crippen LogP contribution in [-0.2, 0) is 21.7 Å². The second kappa shape index (κ2) is 13.3. The van der Waals surface area contributed by atoms with Gasteiger partial charge in [-0.05, 0) is 56.3 Å². The molecule has 0 unspecified atom stereocenters. The Morgan fingerprint density at radius 2 is 1.79 bits per heavy atom. The van der Waals surface area contributed by atoms with Crippen molar-refractivity contribution >= 4 is 33.6 Å². The Hall–Kier alpha value is -1.91. The maximum atomic E-state index is 11.8. The number of hydrogen-bond acceptors (Lipinski definition) is 8. The zero-order valence-corrected chi connectivity index (χ0v) is 18.9. The minimum atomic E-state index is -2.20. The minimum absolute atomic E-state index is 0.0736. The number of methoxy groups -OCH3 is 1. The Morgan fingerprint density at radius 3 is 2.28 bits per heavy atom. The van der Waals surface area contributed by atoms with E-state index in [9.17, 15) is 18.0 Å². The van der Waals surface area contributed by atoms with E-state index in [4.69, 9.17) is 4.74 Å². The van der Waals surface area contributed by atoms with Crippen molar-refractivity contribution in [2.75, 3.05) is 21.2 Å². The summed E-state index contributed by atoms with van der Waals surface area (Å²) in [6.45, 7) is 2.20. The minimum Gasteiger partial charge on any atom is -0.497 e. The smallest absolute Gasteiger partial charge is 0.311 e. The van der Waals surface area contributed by atoms with Crippen molar-refractivity contribution in [2.24, 2.45) is 10.3 Å². The highest BCUT2D eigenvalue weighted by atomic mass is 32.2. The van der Waals surface area contributed by atoms with Crippen LogP contribution in [0.25, 0.3) is 0 Å². The van der Waals surface area contributed by atoms with Gasteiger partial charge in [-0.1, -0.05) is 19.1 Å². The summed E-state index contributed by atoms with van der Waals surface area (Å²) in [4.78, 5) is 24.4. The monoisotopic (exact) mass is 443 g/mol. The first kappa shape index (κ1) is 25.1. The summed E-state index contributed by atoms with van der Waals surface area (Å²) in [6.07, 6.45) is 4.30. The van der Waals surface area contributed by atoms with Crippen molar-refractivity contribution in [2.45, 2.75) is 45.1 Å². The van der Waals surface area contributed by atoms with Gasteiger partial charge in [-0.2, -0.15) is 12.8 Å². The molecule has 0 bridgehead atoms. The summed E-state index contributed by atoms with van der Waals surface area (Å²) in [5.74, 6) is 1.25. The van der Waals surface area contributed by atoms with Crippen LogP contribution in [-0.4, -0.2) is 51.7 Å². The zero-order valence-electron chi connectivity index (χ0n) is 17.3. The Labute approximate surface area is 178 Å². The van der Waals surface area contributed by atoms with Crippen LogP contribution < -0.4 is 9.46 Å². The van der Waals surface area contributed by atoms with E-state index in [0.29, 0.717) is 0 Å². The second-order valence-electron chi connectivity index (χ2n) is 6.79. The molecule has 0 spiro atoms. The molecule has 0 atom stereocenters. The highest BCUT2D eigenvalue weighted by molar-refractivity contribution is 8.11. The first-order valence-corrected chi connectivity index (χ1v) is 11.2. The molecule has 2 rings (SSSR count). The van der Waals surface area contributed by atoms with Crippen molar-refractivity contribution in [3.8, 4) is 5.75 Å². The van der Waals surface area contributed by atoms with Crippen LogP contribution in [0.4, 0.5) is 4.79 Å². The van der Waals surface area contributed by atoms with Gasteiger partial charge in [0.2, 0.25) is 5.91 Å². The lowest BCUT2D eigenvalue weighted by Crippen LogP contribution is -2.32. The molecule has 0 aromatic heterocycles. The van der Waals surface area contributed by atoms with Gasteiger partial charge in [0.1, 0.15) is 5.75 Å². The van der Waals surface area contributed by atoms with Gasteiger partial charge in [-0.15, -0.1) is 0 Å². The van der Waals surface area contributed by atoms with E-state index < -0.39 is 10.5 Å². The highest BCUT2D eigenvalue weighted by Gasteiger charge is 2.18. The van der Waals surface area contributed by atoms with Gasteiger partial charge < -0.3 is 4.74 Å². The first-order chi connectivity index (χ1) is 13.8. The summed E-state index contributed by atoms with van der Waals surface area (Å²) in [5.41, 5.74) is 0.843. The van der Waals surface area contributed by atoms with Crippen molar-refractivity contribution in [3.63, 3.8) is 0 Å². The SMILES string of the molecule is CC1CCC(N=S(=O)=O)CC1.CNSC(=O)N(C)C(=O)Cc1ccc(OC)cc1. The number of rotatable bonds is 5. The third-order valence-corrected chi connectivity index (χ3v) is 5.70. The molecule has 0 heterocycles. The van der Waals surface area contributed by atoms with Crippen molar-refractivity contribution in [1.82, 2.24) is 9.62 Å². The largest absolute Gasteiger partial charge is 0.497 e. The van der Waals surface area contributed by atoms with Crippen LogP contribution in [0.3, 0.4) is 0 Å². The van der Waals surface area contributed by atoms with Crippen molar-refractivity contribution < 1.29 is 22.7 Å². The number of imide groups is 1. The molecular weight excluding hydrogens is 414 g/mol. The van der Waals surface area contributed by atoms with Gasteiger partial charge in [0.05, 0.1) is 19.6 Å². The van der Waals surface area contributed by atoms with E-state index in [-0.39, 0.29) is 23.6 Å². The van der Waals surface area contributed by atoms with Crippen LogP contribution >= 0.6 is 11.9 Å². The number of nitrogens with one attached hydrogen (secondary N) is 1. The number of ether oxygens (including phenoxy) is 1. The first-order valence-electron chi connectivity index (χ1n) is 9.34. The predicted octanol–water partition coefficient (Wildman–Crippen LogP) is 3.31. The Bertz CT molecular complexity index is 781. The molecule has 2 amide bonds. The molecular formula is C19H29N3O5S2. The standard InChI is InChI=1S/C12H16N2O3S.C7H13NO2S/c1-13-18-12(16)14(2)11(15)8-9-4-6-10(17-3)7-5-9;1-6-2-4-7(5-3-6)8-11(9)10/h4-7,13H,8H2,1-3H3;6-7H,2-5H2,1H3. The number of hydrogen-bond donors (Lipinski definition) is 1. The van der Waals surface area contributed by atoms with Crippen LogP contribution in [0, 0.1) is 5.92 Å². The van der Waals surface area contributed by atoms with Crippen LogP contribution in [0.15, 0.2) is 28.6 Å².